The van der Waals surface area contributed by atoms with Gasteiger partial charge in [-0.15, -0.1) is 0 Å². The average molecular weight is 264 g/mol. The first-order valence-electron chi connectivity index (χ1n) is 6.15. The molecule has 0 amide bonds. The standard InChI is InChI=1S/C12H28N2O2S/c1-11(9-13-5)10-14(6)7-8-17(15,16)12(2,3)4/h11,13H,7-10H2,1-6H3. The maximum atomic E-state index is 11.9. The first-order chi connectivity index (χ1) is 7.60. The van der Waals surface area contributed by atoms with E-state index in [2.05, 4.69) is 17.1 Å². The van der Waals surface area contributed by atoms with Crippen molar-refractivity contribution >= 4 is 9.84 Å². The first kappa shape index (κ1) is 16.9. The van der Waals surface area contributed by atoms with Crippen LogP contribution in [0.5, 0.6) is 0 Å². The summed E-state index contributed by atoms with van der Waals surface area (Å²) >= 11 is 0. The minimum absolute atomic E-state index is 0.235. The van der Waals surface area contributed by atoms with Crippen LogP contribution in [0.1, 0.15) is 27.7 Å². The molecule has 0 radical (unpaired) electrons. The summed E-state index contributed by atoms with van der Waals surface area (Å²) in [5.74, 6) is 0.765. The Bertz CT molecular complexity index is 307. The molecular formula is C12H28N2O2S. The predicted octanol–water partition coefficient (Wildman–Crippen LogP) is 0.987. The first-order valence-corrected chi connectivity index (χ1v) is 7.81. The van der Waals surface area contributed by atoms with E-state index in [1.165, 1.54) is 0 Å². The summed E-state index contributed by atoms with van der Waals surface area (Å²) < 4.78 is 23.2. The van der Waals surface area contributed by atoms with Crippen LogP contribution in [0.3, 0.4) is 0 Å². The second kappa shape index (κ2) is 6.71. The van der Waals surface area contributed by atoms with Gasteiger partial charge in [-0.05, 0) is 47.3 Å². The molecule has 0 saturated heterocycles. The van der Waals surface area contributed by atoms with Crippen LogP contribution < -0.4 is 5.32 Å². The van der Waals surface area contributed by atoms with Gasteiger partial charge >= 0.3 is 0 Å². The van der Waals surface area contributed by atoms with Gasteiger partial charge < -0.3 is 10.2 Å². The molecule has 0 saturated carbocycles. The Labute approximate surface area is 107 Å². The zero-order chi connectivity index (χ0) is 13.7. The second-order valence-corrected chi connectivity index (χ2v) is 8.72. The number of rotatable bonds is 7. The van der Waals surface area contributed by atoms with Gasteiger partial charge in [0.25, 0.3) is 0 Å². The van der Waals surface area contributed by atoms with Crippen LogP contribution in [0, 0.1) is 5.92 Å². The summed E-state index contributed by atoms with van der Waals surface area (Å²) in [5.41, 5.74) is 0. The van der Waals surface area contributed by atoms with Crippen molar-refractivity contribution < 1.29 is 8.42 Å². The van der Waals surface area contributed by atoms with Crippen LogP contribution in [0.15, 0.2) is 0 Å². The normalized spacial score (nSPS) is 15.2. The van der Waals surface area contributed by atoms with Crippen LogP contribution >= 0.6 is 0 Å². The third-order valence-corrected chi connectivity index (χ3v) is 5.44. The Morgan fingerprint density at radius 3 is 2.24 bits per heavy atom. The molecule has 4 nitrogen and oxygen atoms in total. The third kappa shape index (κ3) is 6.38. The molecule has 0 bridgehead atoms. The molecule has 104 valence electrons. The number of hydrogen-bond donors (Lipinski definition) is 1. The number of nitrogens with zero attached hydrogens (tertiary/aromatic N) is 1. The molecule has 0 aliphatic carbocycles. The zero-order valence-electron chi connectivity index (χ0n) is 12.1. The van der Waals surface area contributed by atoms with Gasteiger partial charge in [-0.25, -0.2) is 8.42 Å². The largest absolute Gasteiger partial charge is 0.319 e. The van der Waals surface area contributed by atoms with Crippen LogP contribution in [-0.4, -0.2) is 57.5 Å². The molecule has 0 aromatic carbocycles. The fourth-order valence-corrected chi connectivity index (χ4v) is 2.78. The van der Waals surface area contributed by atoms with Gasteiger partial charge in [0.2, 0.25) is 0 Å². The lowest BCUT2D eigenvalue weighted by Crippen LogP contribution is -2.37. The van der Waals surface area contributed by atoms with Gasteiger partial charge in [-0.3, -0.25) is 0 Å². The predicted molar refractivity (Wildman–Crippen MR) is 74.1 cm³/mol. The van der Waals surface area contributed by atoms with Crippen molar-refractivity contribution in [1.29, 1.82) is 0 Å². The molecule has 0 aliphatic heterocycles. The maximum Gasteiger partial charge on any atom is 0.156 e. The lowest BCUT2D eigenvalue weighted by molar-refractivity contribution is 0.296. The van der Waals surface area contributed by atoms with Crippen molar-refractivity contribution in [3.05, 3.63) is 0 Å². The minimum atomic E-state index is -3.00. The van der Waals surface area contributed by atoms with E-state index < -0.39 is 14.6 Å². The van der Waals surface area contributed by atoms with Crippen molar-refractivity contribution in [1.82, 2.24) is 10.2 Å². The summed E-state index contributed by atoms with van der Waals surface area (Å²) in [6.07, 6.45) is 0. The molecule has 0 heterocycles. The van der Waals surface area contributed by atoms with Crippen LogP contribution in [0.4, 0.5) is 0 Å². The molecule has 0 aliphatic rings. The third-order valence-electron chi connectivity index (χ3n) is 2.85. The molecule has 0 fully saturated rings. The van der Waals surface area contributed by atoms with Crippen LogP contribution in [0.2, 0.25) is 0 Å². The lowest BCUT2D eigenvalue weighted by atomic mass is 10.2. The summed E-state index contributed by atoms with van der Waals surface area (Å²) in [7, 11) is 0.909. The fourth-order valence-electron chi connectivity index (χ4n) is 1.62. The minimum Gasteiger partial charge on any atom is -0.319 e. The highest BCUT2D eigenvalue weighted by atomic mass is 32.2. The van der Waals surface area contributed by atoms with Gasteiger partial charge in [0.05, 0.1) is 10.5 Å². The van der Waals surface area contributed by atoms with E-state index in [0.717, 1.165) is 13.1 Å². The molecule has 1 N–H and O–H groups in total. The van der Waals surface area contributed by atoms with Gasteiger partial charge in [0.15, 0.2) is 9.84 Å². The van der Waals surface area contributed by atoms with E-state index in [1.54, 1.807) is 20.8 Å². The van der Waals surface area contributed by atoms with E-state index in [-0.39, 0.29) is 5.75 Å². The molecule has 0 aromatic heterocycles. The Morgan fingerprint density at radius 2 is 1.82 bits per heavy atom. The zero-order valence-corrected chi connectivity index (χ0v) is 12.9. The smallest absolute Gasteiger partial charge is 0.156 e. The quantitative estimate of drug-likeness (QED) is 0.745. The highest BCUT2D eigenvalue weighted by Gasteiger charge is 2.28. The topological polar surface area (TPSA) is 49.4 Å². The molecule has 0 aromatic rings. The molecule has 17 heavy (non-hydrogen) atoms. The number of hydrogen-bond acceptors (Lipinski definition) is 4. The average Bonchev–Trinajstić information content (AvgIpc) is 2.13. The summed E-state index contributed by atoms with van der Waals surface area (Å²) in [6, 6.07) is 0. The number of sulfone groups is 1. The SMILES string of the molecule is CNCC(C)CN(C)CCS(=O)(=O)C(C)(C)C. The Morgan fingerprint density at radius 1 is 1.29 bits per heavy atom. The summed E-state index contributed by atoms with van der Waals surface area (Å²) in [4.78, 5) is 2.09. The van der Waals surface area contributed by atoms with Gasteiger partial charge in [0.1, 0.15) is 0 Å². The molecule has 1 atom stereocenters. The Hall–Kier alpha value is -0.130. The summed E-state index contributed by atoms with van der Waals surface area (Å²) in [5, 5.41) is 3.12. The fraction of sp³-hybridized carbons (Fsp3) is 1.00. The highest BCUT2D eigenvalue weighted by molar-refractivity contribution is 7.92. The van der Waals surface area contributed by atoms with Crippen molar-refractivity contribution in [3.8, 4) is 0 Å². The molecule has 0 rings (SSSR count). The van der Waals surface area contributed by atoms with E-state index in [0.29, 0.717) is 12.5 Å². The highest BCUT2D eigenvalue weighted by Crippen LogP contribution is 2.15. The van der Waals surface area contributed by atoms with Crippen molar-refractivity contribution in [2.75, 3.05) is 39.5 Å². The molecular weight excluding hydrogens is 236 g/mol. The Balaban J connectivity index is 4.13. The lowest BCUT2D eigenvalue weighted by Gasteiger charge is -2.24. The second-order valence-electron chi connectivity index (χ2n) is 5.86. The van der Waals surface area contributed by atoms with Crippen molar-refractivity contribution in [3.63, 3.8) is 0 Å². The molecule has 5 heteroatoms. The maximum absolute atomic E-state index is 11.9. The Kier molecular flexibility index (Phi) is 6.66. The van der Waals surface area contributed by atoms with E-state index in [9.17, 15) is 8.42 Å². The van der Waals surface area contributed by atoms with Crippen molar-refractivity contribution in [2.24, 2.45) is 5.92 Å². The van der Waals surface area contributed by atoms with E-state index >= 15 is 0 Å². The van der Waals surface area contributed by atoms with Crippen LogP contribution in [-0.2, 0) is 9.84 Å². The number of nitrogens with one attached hydrogen (secondary N) is 1. The molecule has 0 spiro atoms. The monoisotopic (exact) mass is 264 g/mol. The molecule has 1 unspecified atom stereocenters. The van der Waals surface area contributed by atoms with Gasteiger partial charge in [-0.2, -0.15) is 0 Å². The van der Waals surface area contributed by atoms with Crippen LogP contribution in [0.25, 0.3) is 0 Å². The van der Waals surface area contributed by atoms with Crippen molar-refractivity contribution in [2.45, 2.75) is 32.4 Å². The van der Waals surface area contributed by atoms with E-state index in [4.69, 9.17) is 0 Å². The van der Waals surface area contributed by atoms with Gasteiger partial charge in [0, 0.05) is 13.1 Å². The summed E-state index contributed by atoms with van der Waals surface area (Å²) in [6.45, 7) is 9.90. The van der Waals surface area contributed by atoms with E-state index in [1.807, 2.05) is 14.1 Å². The van der Waals surface area contributed by atoms with Gasteiger partial charge in [-0.1, -0.05) is 6.92 Å².